The Morgan fingerprint density at radius 2 is 1.46 bits per heavy atom. The lowest BCUT2D eigenvalue weighted by Gasteiger charge is -2.15. The monoisotopic (exact) mass is 641 g/mol. The quantitative estimate of drug-likeness (QED) is 0.116. The number of nitrogens with one attached hydrogen (secondary N) is 3. The van der Waals surface area contributed by atoms with Crippen LogP contribution in [-0.2, 0) is 9.59 Å². The van der Waals surface area contributed by atoms with E-state index in [1.54, 1.807) is 105 Å². The standard InChI is InChI=1S/C35H35N3O7S/c1-22(33(39)37-28-19-16-26(42-2)21-31(28)44-4)46-27-17-14-25(15-18-27)36-35(41)29(38-34(40)23-10-7-6-8-11-23)20-24-12-9-13-30(43-3)32(24)45-5/h6-22H,1-5H3,(H,36,41)(H,37,39)(H,38,40)/b29-20-. The molecular weight excluding hydrogens is 606 g/mol. The number of ether oxygens (including phenoxy) is 4. The average Bonchev–Trinajstić information content (AvgIpc) is 3.08. The molecule has 4 rings (SSSR count). The SMILES string of the molecule is COc1ccc(NC(=O)C(C)Sc2ccc(NC(=O)/C(=C/c3cccc(OC)c3OC)NC(=O)c3ccccc3)cc2)c(OC)c1. The third-order valence-electron chi connectivity index (χ3n) is 6.72. The summed E-state index contributed by atoms with van der Waals surface area (Å²) in [6, 6.07) is 26.0. The van der Waals surface area contributed by atoms with E-state index >= 15 is 0 Å². The van der Waals surface area contributed by atoms with Crippen LogP contribution in [0.5, 0.6) is 23.0 Å². The highest BCUT2D eigenvalue weighted by molar-refractivity contribution is 8.00. The Morgan fingerprint density at radius 3 is 2.11 bits per heavy atom. The number of carbonyl (C=O) groups excluding carboxylic acids is 3. The van der Waals surface area contributed by atoms with Gasteiger partial charge in [-0.1, -0.05) is 30.3 Å². The molecule has 0 fully saturated rings. The van der Waals surface area contributed by atoms with E-state index in [1.807, 2.05) is 0 Å². The van der Waals surface area contributed by atoms with Gasteiger partial charge in [0.05, 0.1) is 39.4 Å². The summed E-state index contributed by atoms with van der Waals surface area (Å²) in [4.78, 5) is 40.3. The highest BCUT2D eigenvalue weighted by Crippen LogP contribution is 2.33. The minimum atomic E-state index is -0.546. The lowest BCUT2D eigenvalue weighted by molar-refractivity contribution is -0.115. The molecule has 3 amide bonds. The number of carbonyl (C=O) groups is 3. The van der Waals surface area contributed by atoms with Crippen molar-refractivity contribution >= 4 is 46.9 Å². The Bertz CT molecular complexity index is 1710. The molecule has 0 heterocycles. The molecule has 4 aromatic carbocycles. The first kappa shape index (κ1) is 33.5. The van der Waals surface area contributed by atoms with Crippen molar-refractivity contribution in [3.63, 3.8) is 0 Å². The minimum Gasteiger partial charge on any atom is -0.497 e. The fraction of sp³-hybridized carbons (Fsp3) is 0.171. The van der Waals surface area contributed by atoms with E-state index in [0.717, 1.165) is 4.90 Å². The smallest absolute Gasteiger partial charge is 0.272 e. The molecule has 0 radical (unpaired) electrons. The molecule has 0 bridgehead atoms. The Hall–Kier alpha value is -5.42. The van der Waals surface area contributed by atoms with Crippen molar-refractivity contribution in [1.82, 2.24) is 5.32 Å². The van der Waals surface area contributed by atoms with Gasteiger partial charge in [-0.3, -0.25) is 14.4 Å². The largest absolute Gasteiger partial charge is 0.497 e. The van der Waals surface area contributed by atoms with E-state index in [9.17, 15) is 14.4 Å². The molecule has 0 aliphatic rings. The van der Waals surface area contributed by atoms with E-state index in [1.165, 1.54) is 39.2 Å². The Balaban J connectivity index is 1.48. The molecule has 0 spiro atoms. The summed E-state index contributed by atoms with van der Waals surface area (Å²) in [6.45, 7) is 1.80. The van der Waals surface area contributed by atoms with Crippen LogP contribution in [0.3, 0.4) is 0 Å². The Labute approximate surface area is 272 Å². The second-order valence-corrected chi connectivity index (χ2v) is 11.2. The van der Waals surface area contributed by atoms with Gasteiger partial charge >= 0.3 is 0 Å². The highest BCUT2D eigenvalue weighted by Gasteiger charge is 2.19. The molecule has 0 aromatic heterocycles. The van der Waals surface area contributed by atoms with Crippen molar-refractivity contribution in [2.45, 2.75) is 17.1 Å². The van der Waals surface area contributed by atoms with Gasteiger partial charge < -0.3 is 34.9 Å². The second-order valence-electron chi connectivity index (χ2n) is 9.75. The number of hydrogen-bond donors (Lipinski definition) is 3. The van der Waals surface area contributed by atoms with Gasteiger partial charge in [0.15, 0.2) is 11.5 Å². The first-order chi connectivity index (χ1) is 22.3. The molecule has 46 heavy (non-hydrogen) atoms. The molecule has 11 heteroatoms. The molecule has 10 nitrogen and oxygen atoms in total. The van der Waals surface area contributed by atoms with Gasteiger partial charge in [0.25, 0.3) is 11.8 Å². The number of hydrogen-bond acceptors (Lipinski definition) is 8. The average molecular weight is 642 g/mol. The number of para-hydroxylation sites is 1. The summed E-state index contributed by atoms with van der Waals surface area (Å²) in [7, 11) is 6.09. The zero-order chi connectivity index (χ0) is 33.1. The fourth-order valence-electron chi connectivity index (χ4n) is 4.33. The minimum absolute atomic E-state index is 0.00175. The fourth-order valence-corrected chi connectivity index (χ4v) is 5.20. The summed E-state index contributed by atoms with van der Waals surface area (Å²) < 4.78 is 21.5. The lowest BCUT2D eigenvalue weighted by atomic mass is 10.1. The number of thioether (sulfide) groups is 1. The predicted molar refractivity (Wildman–Crippen MR) is 180 cm³/mol. The van der Waals surface area contributed by atoms with Gasteiger partial charge in [0.2, 0.25) is 5.91 Å². The molecule has 3 N–H and O–H groups in total. The number of benzene rings is 4. The summed E-state index contributed by atoms with van der Waals surface area (Å²) in [6.07, 6.45) is 1.53. The summed E-state index contributed by atoms with van der Waals surface area (Å²) >= 11 is 1.36. The van der Waals surface area contributed by atoms with Crippen LogP contribution in [0.4, 0.5) is 11.4 Å². The molecule has 238 valence electrons. The second kappa shape index (κ2) is 16.1. The van der Waals surface area contributed by atoms with E-state index < -0.39 is 17.1 Å². The highest BCUT2D eigenvalue weighted by atomic mass is 32.2. The topological polar surface area (TPSA) is 124 Å². The predicted octanol–water partition coefficient (Wildman–Crippen LogP) is 6.25. The number of amides is 3. The molecule has 1 atom stereocenters. The number of anilines is 2. The van der Waals surface area contributed by atoms with E-state index in [2.05, 4.69) is 16.0 Å². The molecule has 0 aliphatic carbocycles. The summed E-state index contributed by atoms with van der Waals surface area (Å²) in [5, 5.41) is 8.01. The van der Waals surface area contributed by atoms with Gasteiger partial charge in [0, 0.05) is 27.8 Å². The van der Waals surface area contributed by atoms with Gasteiger partial charge in [0.1, 0.15) is 17.2 Å². The van der Waals surface area contributed by atoms with Crippen LogP contribution in [0.1, 0.15) is 22.8 Å². The van der Waals surface area contributed by atoms with Gasteiger partial charge in [-0.25, -0.2) is 0 Å². The van der Waals surface area contributed by atoms with E-state index in [0.29, 0.717) is 45.5 Å². The van der Waals surface area contributed by atoms with Crippen molar-refractivity contribution in [2.24, 2.45) is 0 Å². The maximum atomic E-state index is 13.5. The normalized spacial score (nSPS) is 11.5. The molecule has 0 aliphatic heterocycles. The first-order valence-corrected chi connectivity index (χ1v) is 15.0. The maximum absolute atomic E-state index is 13.5. The van der Waals surface area contributed by atoms with Crippen molar-refractivity contribution in [3.05, 3.63) is 108 Å². The van der Waals surface area contributed by atoms with Crippen LogP contribution < -0.4 is 34.9 Å². The molecule has 4 aromatic rings. The van der Waals surface area contributed by atoms with Crippen molar-refractivity contribution in [3.8, 4) is 23.0 Å². The van der Waals surface area contributed by atoms with Crippen LogP contribution in [0, 0.1) is 0 Å². The van der Waals surface area contributed by atoms with Crippen LogP contribution in [-0.4, -0.2) is 51.4 Å². The number of rotatable bonds is 13. The van der Waals surface area contributed by atoms with Crippen molar-refractivity contribution in [2.75, 3.05) is 39.1 Å². The zero-order valence-electron chi connectivity index (χ0n) is 26.1. The summed E-state index contributed by atoms with van der Waals surface area (Å²) in [5.41, 5.74) is 1.95. The van der Waals surface area contributed by atoms with Crippen molar-refractivity contribution in [1.29, 1.82) is 0 Å². The molecule has 0 saturated carbocycles. The third kappa shape index (κ3) is 8.60. The summed E-state index contributed by atoms with van der Waals surface area (Å²) in [5.74, 6) is 0.793. The van der Waals surface area contributed by atoms with Gasteiger partial charge in [-0.05, 0) is 67.6 Å². The molecular formula is C35H35N3O7S. The number of methoxy groups -OCH3 is 4. The molecule has 0 saturated heterocycles. The van der Waals surface area contributed by atoms with Crippen LogP contribution in [0.25, 0.3) is 6.08 Å². The zero-order valence-corrected chi connectivity index (χ0v) is 26.9. The Morgan fingerprint density at radius 1 is 0.739 bits per heavy atom. The lowest BCUT2D eigenvalue weighted by Crippen LogP contribution is -2.30. The van der Waals surface area contributed by atoms with Gasteiger partial charge in [-0.2, -0.15) is 0 Å². The van der Waals surface area contributed by atoms with E-state index in [-0.39, 0.29) is 11.6 Å². The van der Waals surface area contributed by atoms with Gasteiger partial charge in [-0.15, -0.1) is 11.8 Å². The van der Waals surface area contributed by atoms with Crippen LogP contribution in [0.15, 0.2) is 102 Å². The van der Waals surface area contributed by atoms with Crippen LogP contribution in [0.2, 0.25) is 0 Å². The maximum Gasteiger partial charge on any atom is 0.272 e. The van der Waals surface area contributed by atoms with Crippen LogP contribution >= 0.6 is 11.8 Å². The Kier molecular flexibility index (Phi) is 11.7. The van der Waals surface area contributed by atoms with E-state index in [4.69, 9.17) is 18.9 Å². The van der Waals surface area contributed by atoms with Crippen molar-refractivity contribution < 1.29 is 33.3 Å². The third-order valence-corrected chi connectivity index (χ3v) is 7.83. The first-order valence-electron chi connectivity index (χ1n) is 14.2. The molecule has 1 unspecified atom stereocenters.